The van der Waals surface area contributed by atoms with Crippen LogP contribution in [0.3, 0.4) is 0 Å². The van der Waals surface area contributed by atoms with E-state index in [0.29, 0.717) is 13.0 Å². The summed E-state index contributed by atoms with van der Waals surface area (Å²) in [4.78, 5) is 24.9. The van der Waals surface area contributed by atoms with Crippen LogP contribution in [0, 0.1) is 11.8 Å². The third-order valence-corrected chi connectivity index (χ3v) is 10.5. The van der Waals surface area contributed by atoms with Crippen LogP contribution in [0.1, 0.15) is 58.6 Å². The van der Waals surface area contributed by atoms with Gasteiger partial charge in [-0.25, -0.2) is 0 Å². The first kappa shape index (κ1) is 21.8. The Bertz CT molecular complexity index is 648. The molecule has 4 nitrogen and oxygen atoms in total. The van der Waals surface area contributed by atoms with Crippen molar-refractivity contribution in [3.05, 3.63) is 35.9 Å². The molecule has 5 heteroatoms. The fourth-order valence-corrected chi connectivity index (χ4v) is 4.77. The minimum absolute atomic E-state index is 0.0217. The summed E-state index contributed by atoms with van der Waals surface area (Å²) >= 11 is 0. The normalized spacial score (nSPS) is 21.9. The summed E-state index contributed by atoms with van der Waals surface area (Å²) in [7, 11) is -2.10. The number of carbonyl (C=O) groups is 2. The maximum Gasteiger partial charge on any atom is 0.306 e. The third kappa shape index (κ3) is 5.29. The Morgan fingerprint density at radius 3 is 2.41 bits per heavy atom. The molecule has 1 saturated carbocycles. The van der Waals surface area contributed by atoms with E-state index in [1.807, 2.05) is 37.3 Å². The van der Waals surface area contributed by atoms with Gasteiger partial charge in [-0.3, -0.25) is 9.59 Å². The van der Waals surface area contributed by atoms with Crippen molar-refractivity contribution in [2.24, 2.45) is 11.8 Å². The van der Waals surface area contributed by atoms with Gasteiger partial charge in [0.1, 0.15) is 5.78 Å². The fourth-order valence-electron chi connectivity index (χ4n) is 3.50. The zero-order valence-corrected chi connectivity index (χ0v) is 18.6. The summed E-state index contributed by atoms with van der Waals surface area (Å²) < 4.78 is 11.9. The molecule has 0 bridgehead atoms. The maximum atomic E-state index is 12.9. The monoisotopic (exact) mass is 390 g/mol. The van der Waals surface area contributed by atoms with Crippen molar-refractivity contribution >= 4 is 20.1 Å². The number of hydrogen-bond donors (Lipinski definition) is 0. The van der Waals surface area contributed by atoms with Gasteiger partial charge in [-0.2, -0.15) is 0 Å². The second-order valence-corrected chi connectivity index (χ2v) is 13.8. The molecular weight excluding hydrogens is 356 g/mol. The Balaban J connectivity index is 2.36. The molecule has 27 heavy (non-hydrogen) atoms. The van der Waals surface area contributed by atoms with Gasteiger partial charge in [0, 0.05) is 12.8 Å². The second-order valence-electron chi connectivity index (χ2n) is 9.01. The third-order valence-electron chi connectivity index (χ3n) is 6.06. The molecule has 0 N–H and O–H groups in total. The molecule has 0 saturated heterocycles. The number of esters is 1. The Labute approximate surface area is 164 Å². The number of benzene rings is 1. The van der Waals surface area contributed by atoms with E-state index in [0.717, 1.165) is 12.0 Å². The van der Waals surface area contributed by atoms with Gasteiger partial charge < -0.3 is 9.16 Å². The number of carbonyl (C=O) groups excluding carboxylic acids is 2. The highest BCUT2D eigenvalue weighted by molar-refractivity contribution is 6.74. The van der Waals surface area contributed by atoms with Crippen molar-refractivity contribution < 1.29 is 18.8 Å². The molecule has 0 radical (unpaired) electrons. The Morgan fingerprint density at radius 2 is 1.85 bits per heavy atom. The molecule has 150 valence electrons. The van der Waals surface area contributed by atoms with Gasteiger partial charge in [0.2, 0.25) is 0 Å². The van der Waals surface area contributed by atoms with E-state index in [1.165, 1.54) is 0 Å². The van der Waals surface area contributed by atoms with E-state index in [-0.39, 0.29) is 41.2 Å². The summed E-state index contributed by atoms with van der Waals surface area (Å²) in [5.41, 5.74) is 1.02. The molecule has 0 aliphatic heterocycles. The number of ether oxygens (including phenoxy) is 1. The van der Waals surface area contributed by atoms with Crippen LogP contribution in [0.4, 0.5) is 0 Å². The smallest absolute Gasteiger partial charge is 0.306 e. The SMILES string of the molecule is CCOC(=O)C[C@H]1CCC(=O)[C@@H]1[C@@H](O[Si](C)(C)C(C)(C)C)c1ccccc1. The summed E-state index contributed by atoms with van der Waals surface area (Å²) in [6.07, 6.45) is 1.22. The molecule has 0 aromatic heterocycles. The van der Waals surface area contributed by atoms with E-state index >= 15 is 0 Å². The van der Waals surface area contributed by atoms with Crippen LogP contribution >= 0.6 is 0 Å². The van der Waals surface area contributed by atoms with Crippen LogP contribution in [-0.2, 0) is 18.8 Å². The van der Waals surface area contributed by atoms with Crippen molar-refractivity contribution in [3.63, 3.8) is 0 Å². The van der Waals surface area contributed by atoms with E-state index in [4.69, 9.17) is 9.16 Å². The molecule has 0 heterocycles. The number of Topliss-reactive ketones (excluding diaryl/α,β-unsaturated/α-hetero) is 1. The highest BCUT2D eigenvalue weighted by atomic mass is 28.4. The van der Waals surface area contributed by atoms with E-state index in [9.17, 15) is 9.59 Å². The van der Waals surface area contributed by atoms with Gasteiger partial charge in [0.25, 0.3) is 0 Å². The predicted octanol–water partition coefficient (Wildman–Crippen LogP) is 5.30. The number of hydrogen-bond acceptors (Lipinski definition) is 4. The van der Waals surface area contributed by atoms with Gasteiger partial charge in [-0.05, 0) is 43.0 Å². The fraction of sp³-hybridized carbons (Fsp3) is 0.636. The summed E-state index contributed by atoms with van der Waals surface area (Å²) in [5, 5.41) is 0.0400. The molecule has 1 aliphatic carbocycles. The minimum Gasteiger partial charge on any atom is -0.466 e. The van der Waals surface area contributed by atoms with Gasteiger partial charge in [-0.1, -0.05) is 51.1 Å². The quantitative estimate of drug-likeness (QED) is 0.468. The molecule has 1 fully saturated rings. The first-order chi connectivity index (χ1) is 12.6. The highest BCUT2D eigenvalue weighted by Crippen LogP contribution is 2.47. The summed E-state index contributed by atoms with van der Waals surface area (Å²) in [6.45, 7) is 13.2. The Hall–Kier alpha value is -1.46. The number of rotatable bonds is 7. The van der Waals surface area contributed by atoms with Gasteiger partial charge in [0.15, 0.2) is 8.32 Å². The van der Waals surface area contributed by atoms with Crippen LogP contribution in [0.15, 0.2) is 30.3 Å². The Kier molecular flexibility index (Phi) is 7.03. The lowest BCUT2D eigenvalue weighted by atomic mass is 9.84. The molecule has 1 aromatic carbocycles. The minimum atomic E-state index is -2.10. The van der Waals surface area contributed by atoms with E-state index < -0.39 is 8.32 Å². The molecule has 1 aliphatic rings. The number of ketones is 1. The standard InChI is InChI=1S/C22H34O4Si/c1-7-25-19(24)15-17-13-14-18(23)20(17)21(16-11-9-8-10-12-16)26-27(5,6)22(2,3)4/h8-12,17,20-21H,7,13-15H2,1-6H3/t17-,20-,21+/m1/s1. The lowest BCUT2D eigenvalue weighted by molar-refractivity contribution is -0.145. The van der Waals surface area contributed by atoms with E-state index in [2.05, 4.69) is 33.9 Å². The molecule has 2 rings (SSSR count). The largest absolute Gasteiger partial charge is 0.466 e. The van der Waals surface area contributed by atoms with Crippen LogP contribution in [-0.4, -0.2) is 26.7 Å². The lowest BCUT2D eigenvalue weighted by Crippen LogP contribution is -2.44. The van der Waals surface area contributed by atoms with Gasteiger partial charge in [0.05, 0.1) is 18.6 Å². The van der Waals surface area contributed by atoms with Crippen LogP contribution in [0.5, 0.6) is 0 Å². The summed E-state index contributed by atoms with van der Waals surface area (Å²) in [6, 6.07) is 10.0. The van der Waals surface area contributed by atoms with Crippen molar-refractivity contribution in [2.45, 2.75) is 71.2 Å². The first-order valence-corrected chi connectivity index (χ1v) is 12.9. The topological polar surface area (TPSA) is 52.6 Å². The zero-order valence-electron chi connectivity index (χ0n) is 17.6. The van der Waals surface area contributed by atoms with Crippen molar-refractivity contribution in [1.82, 2.24) is 0 Å². The van der Waals surface area contributed by atoms with Crippen LogP contribution < -0.4 is 0 Å². The average Bonchev–Trinajstić information content (AvgIpc) is 2.93. The molecule has 3 atom stereocenters. The molecule has 0 spiro atoms. The first-order valence-electron chi connectivity index (χ1n) is 9.98. The van der Waals surface area contributed by atoms with Crippen LogP contribution in [0.25, 0.3) is 0 Å². The molecule has 0 unspecified atom stereocenters. The van der Waals surface area contributed by atoms with Crippen LogP contribution in [0.2, 0.25) is 18.1 Å². The molecule has 1 aromatic rings. The lowest BCUT2D eigenvalue weighted by Gasteiger charge is -2.41. The molecule has 0 amide bonds. The highest BCUT2D eigenvalue weighted by Gasteiger charge is 2.47. The maximum absolute atomic E-state index is 12.9. The zero-order chi connectivity index (χ0) is 20.2. The Morgan fingerprint density at radius 1 is 1.22 bits per heavy atom. The van der Waals surface area contributed by atoms with Gasteiger partial charge >= 0.3 is 5.97 Å². The van der Waals surface area contributed by atoms with E-state index in [1.54, 1.807) is 0 Å². The van der Waals surface area contributed by atoms with Gasteiger partial charge in [-0.15, -0.1) is 0 Å². The summed E-state index contributed by atoms with van der Waals surface area (Å²) in [5.74, 6) is -0.323. The predicted molar refractivity (Wildman–Crippen MR) is 110 cm³/mol. The second kappa shape index (κ2) is 8.70. The van der Waals surface area contributed by atoms with Crippen molar-refractivity contribution in [2.75, 3.05) is 6.61 Å². The molecular formula is C22H34O4Si. The van der Waals surface area contributed by atoms with Crippen molar-refractivity contribution in [3.8, 4) is 0 Å². The van der Waals surface area contributed by atoms with Crippen molar-refractivity contribution in [1.29, 1.82) is 0 Å². The average molecular weight is 391 g/mol.